The molecule has 21 heavy (non-hydrogen) atoms. The van der Waals surface area contributed by atoms with Gasteiger partial charge in [-0.1, -0.05) is 5.11 Å². The van der Waals surface area contributed by atoms with Crippen molar-refractivity contribution < 1.29 is 20.1 Å². The molecular weight excluding hydrogens is 286 g/mol. The van der Waals surface area contributed by atoms with Crippen molar-refractivity contribution in [3.8, 4) is 0 Å². The van der Waals surface area contributed by atoms with E-state index in [1.54, 1.807) is 0 Å². The molecule has 2 rings (SSSR count). The van der Waals surface area contributed by atoms with Crippen LogP contribution < -0.4 is 11.2 Å². The Balaban J connectivity index is 2.61. The maximum absolute atomic E-state index is 11.9. The van der Waals surface area contributed by atoms with E-state index in [1.807, 2.05) is 4.98 Å². The molecule has 0 saturated carbocycles. The van der Waals surface area contributed by atoms with Crippen LogP contribution in [-0.4, -0.2) is 49.8 Å². The lowest BCUT2D eigenvalue weighted by molar-refractivity contribution is -0.137. The Morgan fingerprint density at radius 1 is 1.57 bits per heavy atom. The second-order valence-electron chi connectivity index (χ2n) is 4.66. The van der Waals surface area contributed by atoms with E-state index in [1.165, 1.54) is 6.92 Å². The predicted molar refractivity (Wildman–Crippen MR) is 67.7 cm³/mol. The number of nitrogens with one attached hydrogen (secondary N) is 1. The lowest BCUT2D eigenvalue weighted by Gasteiger charge is -2.29. The number of aromatic nitrogens is 2. The van der Waals surface area contributed by atoms with Crippen molar-refractivity contribution in [2.24, 2.45) is 5.11 Å². The summed E-state index contributed by atoms with van der Waals surface area (Å²) in [4.78, 5) is 27.7. The Morgan fingerprint density at radius 2 is 2.24 bits per heavy atom. The lowest BCUT2D eigenvalue weighted by Crippen LogP contribution is -2.49. The number of ether oxygens (including phenoxy) is 1. The van der Waals surface area contributed by atoms with Crippen molar-refractivity contribution >= 4 is 5.69 Å². The van der Waals surface area contributed by atoms with E-state index in [2.05, 4.69) is 10.0 Å². The molecular formula is C10H13N5O6. The highest BCUT2D eigenvalue weighted by atomic mass is 16.6. The molecule has 0 amide bonds. The number of aliphatic hydroxyl groups excluding tert-OH is 3. The second-order valence-corrected chi connectivity index (χ2v) is 4.66. The third-order valence-electron chi connectivity index (χ3n) is 3.38. The average Bonchev–Trinajstić information content (AvgIpc) is 2.67. The van der Waals surface area contributed by atoms with Gasteiger partial charge in [0.05, 0.1) is 6.61 Å². The van der Waals surface area contributed by atoms with Gasteiger partial charge < -0.3 is 20.1 Å². The normalized spacial score (nSPS) is 31.9. The minimum Gasteiger partial charge on any atom is -0.394 e. The summed E-state index contributed by atoms with van der Waals surface area (Å²) in [5, 5.41) is 32.0. The molecule has 1 saturated heterocycles. The molecule has 2 heterocycles. The van der Waals surface area contributed by atoms with Crippen molar-refractivity contribution in [1.82, 2.24) is 9.55 Å². The Kier molecular flexibility index (Phi) is 3.85. The molecule has 0 spiro atoms. The van der Waals surface area contributed by atoms with Crippen molar-refractivity contribution in [2.75, 3.05) is 6.61 Å². The fourth-order valence-corrected chi connectivity index (χ4v) is 2.22. The van der Waals surface area contributed by atoms with Gasteiger partial charge in [0.1, 0.15) is 24.0 Å². The molecule has 0 aromatic carbocycles. The molecule has 4 N–H and O–H groups in total. The van der Waals surface area contributed by atoms with Crippen LogP contribution in [0.15, 0.2) is 20.9 Å². The highest BCUT2D eigenvalue weighted by Gasteiger charge is 2.52. The van der Waals surface area contributed by atoms with Crippen LogP contribution in [0.2, 0.25) is 0 Å². The molecule has 1 aliphatic heterocycles. The summed E-state index contributed by atoms with van der Waals surface area (Å²) in [7, 11) is 0. The van der Waals surface area contributed by atoms with Gasteiger partial charge in [-0.3, -0.25) is 14.3 Å². The smallest absolute Gasteiger partial charge is 0.330 e. The number of hydrogen-bond donors (Lipinski definition) is 4. The zero-order valence-electron chi connectivity index (χ0n) is 10.9. The maximum Gasteiger partial charge on any atom is 0.330 e. The number of H-pyrrole nitrogens is 1. The second kappa shape index (κ2) is 5.31. The van der Waals surface area contributed by atoms with E-state index in [4.69, 9.17) is 15.4 Å². The van der Waals surface area contributed by atoms with Crippen LogP contribution in [0.3, 0.4) is 0 Å². The average molecular weight is 299 g/mol. The largest absolute Gasteiger partial charge is 0.394 e. The molecule has 0 unspecified atom stereocenters. The maximum atomic E-state index is 11.9. The van der Waals surface area contributed by atoms with E-state index < -0.39 is 47.6 Å². The molecule has 11 heteroatoms. The summed E-state index contributed by atoms with van der Waals surface area (Å²) < 4.78 is 6.11. The van der Waals surface area contributed by atoms with Crippen LogP contribution in [0.5, 0.6) is 0 Å². The topological polar surface area (TPSA) is 174 Å². The molecule has 114 valence electrons. The minimum atomic E-state index is -1.74. The number of rotatable bonds is 3. The van der Waals surface area contributed by atoms with Gasteiger partial charge in [-0.15, -0.1) is 0 Å². The van der Waals surface area contributed by atoms with Gasteiger partial charge in [-0.25, -0.2) is 4.79 Å². The van der Waals surface area contributed by atoms with Gasteiger partial charge >= 0.3 is 5.69 Å². The number of hydrogen-bond acceptors (Lipinski definition) is 7. The van der Waals surface area contributed by atoms with Gasteiger partial charge in [-0.2, -0.15) is 0 Å². The van der Waals surface area contributed by atoms with Gasteiger partial charge in [-0.05, 0) is 12.5 Å². The first kappa shape index (κ1) is 15.2. The standard InChI is InChI=1S/C10H13N5O6/c1-10(7(18)6(17)5(3-16)21-10)15-2-4(13-14-11)8(19)12-9(15)20/h2,5-7,16-18H,3H2,1H3,(H,12,19,20)/t5-,6-,7-,10-/m1/s1. The predicted octanol–water partition coefficient (Wildman–Crippen LogP) is -1.74. The summed E-state index contributed by atoms with van der Waals surface area (Å²) >= 11 is 0. The van der Waals surface area contributed by atoms with Gasteiger partial charge in [0, 0.05) is 11.1 Å². The summed E-state index contributed by atoms with van der Waals surface area (Å²) in [6.07, 6.45) is -3.16. The first-order valence-corrected chi connectivity index (χ1v) is 5.91. The molecule has 0 radical (unpaired) electrons. The van der Waals surface area contributed by atoms with Crippen LogP contribution in [0.4, 0.5) is 5.69 Å². The van der Waals surface area contributed by atoms with Crippen molar-refractivity contribution in [1.29, 1.82) is 0 Å². The Hall–Kier alpha value is -2.17. The Bertz CT molecular complexity index is 707. The minimum absolute atomic E-state index is 0.406. The molecule has 0 bridgehead atoms. The van der Waals surface area contributed by atoms with E-state index in [-0.39, 0.29) is 0 Å². The Morgan fingerprint density at radius 3 is 2.76 bits per heavy atom. The van der Waals surface area contributed by atoms with Gasteiger partial charge in [0.15, 0.2) is 5.72 Å². The van der Waals surface area contributed by atoms with Crippen LogP contribution in [0.25, 0.3) is 10.4 Å². The highest BCUT2D eigenvalue weighted by molar-refractivity contribution is 5.30. The molecule has 1 aliphatic rings. The van der Waals surface area contributed by atoms with Crippen LogP contribution in [0.1, 0.15) is 6.92 Å². The first-order valence-electron chi connectivity index (χ1n) is 5.91. The summed E-state index contributed by atoms with van der Waals surface area (Å²) in [6, 6.07) is 0. The third-order valence-corrected chi connectivity index (χ3v) is 3.38. The zero-order chi connectivity index (χ0) is 15.8. The van der Waals surface area contributed by atoms with Crippen LogP contribution in [0, 0.1) is 0 Å². The van der Waals surface area contributed by atoms with Crippen molar-refractivity contribution in [3.05, 3.63) is 37.5 Å². The summed E-state index contributed by atoms with van der Waals surface area (Å²) in [5.41, 5.74) is 4.40. The molecule has 1 aromatic rings. The zero-order valence-corrected chi connectivity index (χ0v) is 10.9. The molecule has 4 atom stereocenters. The first-order chi connectivity index (χ1) is 9.85. The molecule has 0 aliphatic carbocycles. The monoisotopic (exact) mass is 299 g/mol. The fourth-order valence-electron chi connectivity index (χ4n) is 2.22. The lowest BCUT2D eigenvalue weighted by atomic mass is 10.0. The number of nitrogens with zero attached hydrogens (tertiary/aromatic N) is 4. The number of aromatic amines is 1. The van der Waals surface area contributed by atoms with Crippen molar-refractivity contribution in [3.63, 3.8) is 0 Å². The van der Waals surface area contributed by atoms with E-state index in [9.17, 15) is 19.8 Å². The molecule has 11 nitrogen and oxygen atoms in total. The van der Waals surface area contributed by atoms with E-state index in [0.29, 0.717) is 0 Å². The Labute approximate surface area is 116 Å². The molecule has 1 aromatic heterocycles. The fraction of sp³-hybridized carbons (Fsp3) is 0.600. The summed E-state index contributed by atoms with van der Waals surface area (Å²) in [5.74, 6) is 0. The van der Waals surface area contributed by atoms with Crippen LogP contribution in [-0.2, 0) is 10.5 Å². The number of aliphatic hydroxyl groups is 3. The molecule has 1 fully saturated rings. The summed E-state index contributed by atoms with van der Waals surface area (Å²) in [6.45, 7) is 0.714. The van der Waals surface area contributed by atoms with Gasteiger partial charge in [0.2, 0.25) is 0 Å². The van der Waals surface area contributed by atoms with E-state index >= 15 is 0 Å². The highest BCUT2D eigenvalue weighted by Crippen LogP contribution is 2.34. The number of azide groups is 1. The van der Waals surface area contributed by atoms with Gasteiger partial charge in [0.25, 0.3) is 5.56 Å². The quantitative estimate of drug-likeness (QED) is 0.293. The third kappa shape index (κ3) is 2.33. The van der Waals surface area contributed by atoms with E-state index in [0.717, 1.165) is 10.8 Å². The SMILES string of the molecule is C[C@@]1(n2cc(N=[N+]=[N-])c(=O)[nH]c2=O)O[C@H](CO)[C@@H](O)[C@H]1O. The van der Waals surface area contributed by atoms with Crippen LogP contribution >= 0.6 is 0 Å². The van der Waals surface area contributed by atoms with Crippen molar-refractivity contribution in [2.45, 2.75) is 31.0 Å².